The van der Waals surface area contributed by atoms with Crippen molar-refractivity contribution in [2.45, 2.75) is 25.3 Å². The fourth-order valence-corrected chi connectivity index (χ4v) is 5.89. The van der Waals surface area contributed by atoms with Crippen LogP contribution in [0.15, 0.2) is 47.4 Å². The molecule has 11 heteroatoms. The van der Waals surface area contributed by atoms with E-state index in [4.69, 9.17) is 14.5 Å². The molecule has 1 aliphatic rings. The minimum absolute atomic E-state index is 0.0471. The third-order valence-electron chi connectivity index (χ3n) is 6.48. The Kier molecular flexibility index (Phi) is 7.37. The van der Waals surface area contributed by atoms with Crippen LogP contribution in [0.25, 0.3) is 22.2 Å². The fraction of sp³-hybridized carbons (Fsp3) is 0.296. The van der Waals surface area contributed by atoms with Gasteiger partial charge in [0, 0.05) is 52.6 Å². The van der Waals surface area contributed by atoms with Gasteiger partial charge in [-0.3, -0.25) is 14.0 Å². The zero-order valence-corrected chi connectivity index (χ0v) is 21.7. The molecule has 1 aliphatic heterocycles. The predicted octanol–water partition coefficient (Wildman–Crippen LogP) is 4.19. The Bertz CT molecular complexity index is 1550. The second kappa shape index (κ2) is 10.9. The van der Waals surface area contributed by atoms with Crippen molar-refractivity contribution in [2.24, 2.45) is 0 Å². The first kappa shape index (κ1) is 25.8. The van der Waals surface area contributed by atoms with Crippen molar-refractivity contribution in [1.82, 2.24) is 15.0 Å². The quantitative estimate of drug-likeness (QED) is 0.362. The van der Waals surface area contributed by atoms with Crippen molar-refractivity contribution in [3.8, 4) is 22.8 Å². The number of nitrogens with one attached hydrogen (secondary N) is 2. The number of halogens is 2. The molecule has 2 aromatic heterocycles. The van der Waals surface area contributed by atoms with E-state index in [9.17, 15) is 17.8 Å². The topological polar surface area (TPSA) is 106 Å². The van der Waals surface area contributed by atoms with Gasteiger partial charge >= 0.3 is 0 Å². The molecule has 0 unspecified atom stereocenters. The van der Waals surface area contributed by atoms with Gasteiger partial charge in [-0.1, -0.05) is 6.07 Å². The first-order valence-corrected chi connectivity index (χ1v) is 13.5. The van der Waals surface area contributed by atoms with Gasteiger partial charge in [0.2, 0.25) is 0 Å². The first-order valence-electron chi connectivity index (χ1n) is 12.1. The lowest BCUT2D eigenvalue weighted by molar-refractivity contribution is 0.356. The highest BCUT2D eigenvalue weighted by molar-refractivity contribution is 7.85. The number of ether oxygens (including phenoxy) is 2. The van der Waals surface area contributed by atoms with Gasteiger partial charge in [0.15, 0.2) is 11.5 Å². The highest BCUT2D eigenvalue weighted by atomic mass is 32.2. The minimum Gasteiger partial charge on any atom is -0.493 e. The monoisotopic (exact) mass is 540 g/mol. The fourth-order valence-electron chi connectivity index (χ4n) is 4.59. The largest absolute Gasteiger partial charge is 0.493 e. The van der Waals surface area contributed by atoms with E-state index in [1.54, 1.807) is 24.4 Å². The molecule has 0 spiro atoms. The minimum atomic E-state index is -0.815. The number of nitrogens with zero attached hydrogens (tertiary/aromatic N) is 2. The number of H-pyrrole nitrogens is 1. The van der Waals surface area contributed by atoms with Gasteiger partial charge < -0.3 is 19.8 Å². The third kappa shape index (κ3) is 5.38. The van der Waals surface area contributed by atoms with E-state index in [1.165, 1.54) is 26.4 Å². The molecule has 0 amide bonds. The molecule has 4 aromatic rings. The standard InChI is InChI=1S/C27H26F2N4O4S/c1-36-22-13-20-24(25(26(22)37-2)31-19-5-7-38(35)8-6-19)32-23(33-27(20)34)9-15-3-4-21(30-14-15)16-10-17(28)12-18(29)11-16/h3-4,10-14,19,31H,5-9H2,1-2H3,(H,32,33,34). The molecule has 2 N–H and O–H groups in total. The molecule has 0 atom stereocenters. The van der Waals surface area contributed by atoms with Gasteiger partial charge in [0.05, 0.1) is 25.3 Å². The van der Waals surface area contributed by atoms with Crippen LogP contribution in [0.1, 0.15) is 24.2 Å². The highest BCUT2D eigenvalue weighted by Gasteiger charge is 2.24. The number of anilines is 1. The number of aromatic nitrogens is 3. The van der Waals surface area contributed by atoms with Gasteiger partial charge in [0.1, 0.15) is 28.7 Å². The van der Waals surface area contributed by atoms with E-state index in [0.717, 1.165) is 24.5 Å². The van der Waals surface area contributed by atoms with Crippen LogP contribution in [0.5, 0.6) is 11.5 Å². The molecule has 5 rings (SSSR count). The van der Waals surface area contributed by atoms with E-state index in [1.807, 2.05) is 0 Å². The van der Waals surface area contributed by atoms with Crippen LogP contribution in [-0.2, 0) is 17.2 Å². The number of fused-ring (bicyclic) bond motifs is 1. The van der Waals surface area contributed by atoms with Crippen LogP contribution >= 0.6 is 0 Å². The van der Waals surface area contributed by atoms with E-state index >= 15 is 0 Å². The van der Waals surface area contributed by atoms with Gasteiger partial charge in [-0.05, 0) is 42.7 Å². The Balaban J connectivity index is 1.50. The van der Waals surface area contributed by atoms with Crippen LogP contribution in [-0.4, -0.2) is 50.9 Å². The molecular weight excluding hydrogens is 514 g/mol. The number of methoxy groups -OCH3 is 2. The Morgan fingerprint density at radius 3 is 2.45 bits per heavy atom. The third-order valence-corrected chi connectivity index (χ3v) is 7.86. The van der Waals surface area contributed by atoms with E-state index in [0.29, 0.717) is 56.7 Å². The maximum Gasteiger partial charge on any atom is 0.258 e. The molecule has 1 saturated heterocycles. The Morgan fingerprint density at radius 1 is 1.08 bits per heavy atom. The second-order valence-corrected chi connectivity index (χ2v) is 10.7. The molecule has 38 heavy (non-hydrogen) atoms. The molecule has 0 aliphatic carbocycles. The number of aromatic amines is 1. The van der Waals surface area contributed by atoms with E-state index in [-0.39, 0.29) is 18.0 Å². The Hall–Kier alpha value is -3.86. The van der Waals surface area contributed by atoms with E-state index < -0.39 is 22.4 Å². The highest BCUT2D eigenvalue weighted by Crippen LogP contribution is 2.41. The summed E-state index contributed by atoms with van der Waals surface area (Å²) in [5, 5.41) is 3.81. The van der Waals surface area contributed by atoms with Crippen LogP contribution < -0.4 is 20.3 Å². The van der Waals surface area contributed by atoms with Gasteiger partial charge in [-0.25, -0.2) is 13.8 Å². The summed E-state index contributed by atoms with van der Waals surface area (Å²) >= 11 is 0. The number of benzene rings is 2. The summed E-state index contributed by atoms with van der Waals surface area (Å²) in [4.78, 5) is 25.0. The Morgan fingerprint density at radius 2 is 1.82 bits per heavy atom. The number of pyridine rings is 1. The molecule has 0 saturated carbocycles. The number of hydrogen-bond acceptors (Lipinski definition) is 7. The Labute approximate surface area is 219 Å². The smallest absolute Gasteiger partial charge is 0.258 e. The molecule has 198 valence electrons. The predicted molar refractivity (Wildman–Crippen MR) is 142 cm³/mol. The van der Waals surface area contributed by atoms with E-state index in [2.05, 4.69) is 15.3 Å². The van der Waals surface area contributed by atoms with Crippen molar-refractivity contribution >= 4 is 27.4 Å². The van der Waals surface area contributed by atoms with Gasteiger partial charge in [-0.2, -0.15) is 0 Å². The second-order valence-electron chi connectivity index (χ2n) is 9.05. The molecule has 3 heterocycles. The summed E-state index contributed by atoms with van der Waals surface area (Å²) in [5.74, 6) is 1.09. The van der Waals surface area contributed by atoms with Crippen LogP contribution in [0, 0.1) is 11.6 Å². The van der Waals surface area contributed by atoms with Crippen molar-refractivity contribution in [2.75, 3.05) is 31.0 Å². The molecule has 1 fully saturated rings. The average molecular weight is 541 g/mol. The maximum atomic E-state index is 13.6. The molecule has 8 nitrogen and oxygen atoms in total. The van der Waals surface area contributed by atoms with Crippen molar-refractivity contribution < 1.29 is 22.5 Å². The SMILES string of the molecule is COc1cc2c(=O)[nH]c(Cc3ccc(-c4cc(F)cc(F)c4)nc3)nc2c(NC2CCS(=O)CC2)c1OC. The summed E-state index contributed by atoms with van der Waals surface area (Å²) in [7, 11) is 2.21. The summed E-state index contributed by atoms with van der Waals surface area (Å²) in [5.41, 5.74) is 2.15. The summed E-state index contributed by atoms with van der Waals surface area (Å²) < 4.78 is 50.2. The van der Waals surface area contributed by atoms with Gasteiger partial charge in [0.25, 0.3) is 5.56 Å². The zero-order valence-electron chi connectivity index (χ0n) is 20.8. The number of rotatable bonds is 7. The average Bonchev–Trinajstić information content (AvgIpc) is 2.90. The summed E-state index contributed by atoms with van der Waals surface area (Å²) in [6, 6.07) is 8.32. The van der Waals surface area contributed by atoms with Crippen LogP contribution in [0.4, 0.5) is 14.5 Å². The molecule has 0 bridgehead atoms. The summed E-state index contributed by atoms with van der Waals surface area (Å²) in [6.45, 7) is 0. The number of hydrogen-bond donors (Lipinski definition) is 2. The van der Waals surface area contributed by atoms with Crippen LogP contribution in [0.3, 0.4) is 0 Å². The lowest BCUT2D eigenvalue weighted by Gasteiger charge is -2.25. The van der Waals surface area contributed by atoms with Crippen molar-refractivity contribution in [3.63, 3.8) is 0 Å². The van der Waals surface area contributed by atoms with Gasteiger partial charge in [-0.15, -0.1) is 0 Å². The van der Waals surface area contributed by atoms with Crippen molar-refractivity contribution in [3.05, 3.63) is 76.0 Å². The normalized spacial score (nSPS) is 17.4. The zero-order chi connectivity index (χ0) is 26.8. The maximum absolute atomic E-state index is 13.6. The molecular formula is C27H26F2N4O4S. The molecule has 2 aromatic carbocycles. The van der Waals surface area contributed by atoms with Crippen molar-refractivity contribution in [1.29, 1.82) is 0 Å². The first-order chi connectivity index (χ1) is 18.3. The molecule has 0 radical (unpaired) electrons. The lowest BCUT2D eigenvalue weighted by atomic mass is 10.1. The lowest BCUT2D eigenvalue weighted by Crippen LogP contribution is -2.30. The summed E-state index contributed by atoms with van der Waals surface area (Å²) in [6.07, 6.45) is 3.29. The van der Waals surface area contributed by atoms with Crippen LogP contribution in [0.2, 0.25) is 0 Å².